The van der Waals surface area contributed by atoms with Gasteiger partial charge in [0.2, 0.25) is 0 Å². The second-order valence-electron chi connectivity index (χ2n) is 3.01. The third kappa shape index (κ3) is 3.14. The Morgan fingerprint density at radius 1 is 1.47 bits per heavy atom. The first-order chi connectivity index (χ1) is 7.16. The van der Waals surface area contributed by atoms with E-state index in [2.05, 4.69) is 0 Å². The molecule has 0 atom stereocenters. The van der Waals surface area contributed by atoms with Crippen molar-refractivity contribution < 1.29 is 9.90 Å². The van der Waals surface area contributed by atoms with Crippen molar-refractivity contribution in [2.24, 2.45) is 5.73 Å². The molecule has 82 valence electrons. The van der Waals surface area contributed by atoms with E-state index in [0.717, 1.165) is 10.6 Å². The van der Waals surface area contributed by atoms with Gasteiger partial charge >= 0.3 is 0 Å². The molecule has 0 spiro atoms. The van der Waals surface area contributed by atoms with E-state index in [0.29, 0.717) is 17.7 Å². The van der Waals surface area contributed by atoms with Crippen LogP contribution in [0.5, 0.6) is 0 Å². The maximum atomic E-state index is 11.0. The highest BCUT2D eigenvalue weighted by molar-refractivity contribution is 7.99. The molecule has 15 heavy (non-hydrogen) atoms. The molecule has 0 heterocycles. The summed E-state index contributed by atoms with van der Waals surface area (Å²) in [7, 11) is 0. The highest BCUT2D eigenvalue weighted by Crippen LogP contribution is 2.27. The van der Waals surface area contributed by atoms with Crippen molar-refractivity contribution in [3.63, 3.8) is 0 Å². The monoisotopic (exact) mass is 226 g/mol. The van der Waals surface area contributed by atoms with Crippen LogP contribution in [0.25, 0.3) is 0 Å². The van der Waals surface area contributed by atoms with Crippen LogP contribution in [0.3, 0.4) is 0 Å². The summed E-state index contributed by atoms with van der Waals surface area (Å²) in [6.45, 7) is 0.155. The Balaban J connectivity index is 2.80. The molecule has 0 saturated carbocycles. The van der Waals surface area contributed by atoms with Crippen LogP contribution in [0.1, 0.15) is 16.8 Å². The van der Waals surface area contributed by atoms with Crippen molar-refractivity contribution >= 4 is 23.4 Å². The smallest absolute Gasteiger partial charge is 0.250 e. The van der Waals surface area contributed by atoms with E-state index in [1.807, 2.05) is 6.07 Å². The fraction of sp³-hybridized carbons (Fsp3) is 0.300. The molecule has 4 nitrogen and oxygen atoms in total. The predicted molar refractivity (Wildman–Crippen MR) is 61.8 cm³/mol. The summed E-state index contributed by atoms with van der Waals surface area (Å²) >= 11 is 1.51. The molecule has 0 aromatic heterocycles. The number of carbonyl (C=O) groups is 1. The Bertz CT molecular complexity index is 355. The highest BCUT2D eigenvalue weighted by Gasteiger charge is 2.09. The van der Waals surface area contributed by atoms with Crippen LogP contribution in [0.2, 0.25) is 0 Å². The summed E-state index contributed by atoms with van der Waals surface area (Å²) in [6, 6.07) is 5.19. The lowest BCUT2D eigenvalue weighted by Crippen LogP contribution is -2.13. The van der Waals surface area contributed by atoms with E-state index >= 15 is 0 Å². The maximum Gasteiger partial charge on any atom is 0.250 e. The van der Waals surface area contributed by atoms with E-state index in [9.17, 15) is 4.79 Å². The van der Waals surface area contributed by atoms with Crippen LogP contribution in [0.4, 0.5) is 5.69 Å². The fourth-order valence-corrected chi connectivity index (χ4v) is 2.07. The number of para-hydroxylation sites is 1. The minimum Gasteiger partial charge on any atom is -0.397 e. The van der Waals surface area contributed by atoms with Gasteiger partial charge in [0.05, 0.1) is 11.3 Å². The molecule has 5 heteroatoms. The number of benzene rings is 1. The second kappa shape index (κ2) is 5.63. The van der Waals surface area contributed by atoms with Crippen LogP contribution < -0.4 is 11.5 Å². The molecular formula is C10H14N2O2S. The number of nitrogens with two attached hydrogens (primary N) is 2. The van der Waals surface area contributed by atoms with Crippen LogP contribution in [0, 0.1) is 0 Å². The second-order valence-corrected chi connectivity index (χ2v) is 4.14. The van der Waals surface area contributed by atoms with Gasteiger partial charge in [-0.1, -0.05) is 6.07 Å². The molecule has 1 amide bonds. The molecule has 0 radical (unpaired) electrons. The van der Waals surface area contributed by atoms with Crippen molar-refractivity contribution in [3.05, 3.63) is 23.8 Å². The van der Waals surface area contributed by atoms with Crippen LogP contribution >= 0.6 is 11.8 Å². The molecule has 0 aliphatic carbocycles. The summed E-state index contributed by atoms with van der Waals surface area (Å²) in [6.07, 6.45) is 0.699. The van der Waals surface area contributed by atoms with Crippen molar-refractivity contribution in [2.75, 3.05) is 18.1 Å². The molecule has 0 bridgehead atoms. The van der Waals surface area contributed by atoms with Gasteiger partial charge in [-0.15, -0.1) is 11.8 Å². The number of aliphatic hydroxyl groups excluding tert-OH is 1. The van der Waals surface area contributed by atoms with Gasteiger partial charge < -0.3 is 16.6 Å². The summed E-state index contributed by atoms with van der Waals surface area (Å²) in [5.74, 6) is 0.250. The van der Waals surface area contributed by atoms with Crippen LogP contribution in [-0.2, 0) is 0 Å². The molecule has 0 aliphatic heterocycles. The summed E-state index contributed by atoms with van der Waals surface area (Å²) in [5.41, 5.74) is 11.7. The number of carbonyl (C=O) groups excluding carboxylic acids is 1. The van der Waals surface area contributed by atoms with E-state index in [1.165, 1.54) is 11.8 Å². The number of hydrogen-bond donors (Lipinski definition) is 3. The fourth-order valence-electron chi connectivity index (χ4n) is 1.13. The number of amides is 1. The predicted octanol–water partition coefficient (Wildman–Crippen LogP) is 0.842. The summed E-state index contributed by atoms with van der Waals surface area (Å²) in [4.78, 5) is 11.8. The quantitative estimate of drug-likeness (QED) is 0.394. The Morgan fingerprint density at radius 2 is 2.20 bits per heavy atom. The van der Waals surface area contributed by atoms with Crippen LogP contribution in [-0.4, -0.2) is 23.4 Å². The molecule has 0 saturated heterocycles. The number of hydrogen-bond acceptors (Lipinski definition) is 4. The first-order valence-electron chi connectivity index (χ1n) is 4.58. The van der Waals surface area contributed by atoms with E-state index in [-0.39, 0.29) is 6.61 Å². The van der Waals surface area contributed by atoms with Crippen molar-refractivity contribution in [3.8, 4) is 0 Å². The van der Waals surface area contributed by atoms with Gasteiger partial charge in [-0.05, 0) is 18.6 Å². The Kier molecular flexibility index (Phi) is 4.45. The van der Waals surface area contributed by atoms with Gasteiger partial charge in [0.1, 0.15) is 0 Å². The molecule has 1 rings (SSSR count). The van der Waals surface area contributed by atoms with Gasteiger partial charge in [0, 0.05) is 17.3 Å². The average Bonchev–Trinajstić information content (AvgIpc) is 2.20. The number of primary amides is 1. The zero-order chi connectivity index (χ0) is 11.3. The first-order valence-corrected chi connectivity index (χ1v) is 5.57. The molecule has 1 aromatic rings. The Morgan fingerprint density at radius 3 is 2.80 bits per heavy atom. The topological polar surface area (TPSA) is 89.3 Å². The number of rotatable bonds is 5. The number of thioether (sulfide) groups is 1. The van der Waals surface area contributed by atoms with E-state index in [1.54, 1.807) is 12.1 Å². The lowest BCUT2D eigenvalue weighted by atomic mass is 10.2. The largest absolute Gasteiger partial charge is 0.397 e. The van der Waals surface area contributed by atoms with Gasteiger partial charge in [-0.25, -0.2) is 0 Å². The molecular weight excluding hydrogens is 212 g/mol. The molecule has 5 N–H and O–H groups in total. The third-order valence-electron chi connectivity index (χ3n) is 1.89. The van der Waals surface area contributed by atoms with Gasteiger partial charge in [0.15, 0.2) is 0 Å². The zero-order valence-corrected chi connectivity index (χ0v) is 9.09. The summed E-state index contributed by atoms with van der Waals surface area (Å²) < 4.78 is 0. The minimum atomic E-state index is -0.517. The number of aliphatic hydroxyl groups is 1. The Labute approximate surface area is 92.6 Å². The van der Waals surface area contributed by atoms with E-state index in [4.69, 9.17) is 16.6 Å². The molecule has 1 aromatic carbocycles. The number of anilines is 1. The van der Waals surface area contributed by atoms with Crippen molar-refractivity contribution in [2.45, 2.75) is 11.3 Å². The van der Waals surface area contributed by atoms with Crippen LogP contribution in [0.15, 0.2) is 23.1 Å². The van der Waals surface area contributed by atoms with E-state index < -0.39 is 5.91 Å². The lowest BCUT2D eigenvalue weighted by Gasteiger charge is -2.07. The van der Waals surface area contributed by atoms with Crippen molar-refractivity contribution in [1.29, 1.82) is 0 Å². The SMILES string of the molecule is NC(=O)c1cccc(SCCCO)c1N. The lowest BCUT2D eigenvalue weighted by molar-refractivity contribution is 0.100. The molecule has 0 fully saturated rings. The first kappa shape index (κ1) is 11.9. The standard InChI is InChI=1S/C10H14N2O2S/c11-9-7(10(12)14)3-1-4-8(9)15-6-2-5-13/h1,3-4,13H,2,5-6,11H2,(H2,12,14). The van der Waals surface area contributed by atoms with Gasteiger partial charge in [-0.2, -0.15) is 0 Å². The summed E-state index contributed by atoms with van der Waals surface area (Å²) in [5, 5.41) is 8.64. The van der Waals surface area contributed by atoms with Gasteiger partial charge in [-0.3, -0.25) is 4.79 Å². The maximum absolute atomic E-state index is 11.0. The van der Waals surface area contributed by atoms with Crippen molar-refractivity contribution in [1.82, 2.24) is 0 Å². The van der Waals surface area contributed by atoms with Gasteiger partial charge in [0.25, 0.3) is 5.91 Å². The Hall–Kier alpha value is -1.20. The third-order valence-corrected chi connectivity index (χ3v) is 3.05. The highest BCUT2D eigenvalue weighted by atomic mass is 32.2. The average molecular weight is 226 g/mol. The normalized spacial score (nSPS) is 10.2. The minimum absolute atomic E-state index is 0.155. The zero-order valence-electron chi connectivity index (χ0n) is 8.27. The molecule has 0 unspecified atom stereocenters. The molecule has 0 aliphatic rings. The number of nitrogen functional groups attached to an aromatic ring is 1.